The zero-order chi connectivity index (χ0) is 11.0. The van der Waals surface area contributed by atoms with Crippen molar-refractivity contribution in [2.45, 2.75) is 13.0 Å². The molecule has 0 spiro atoms. The molecule has 16 heavy (non-hydrogen) atoms. The maximum Gasteiger partial charge on any atom is 0.179 e. The van der Waals surface area contributed by atoms with E-state index in [1.807, 2.05) is 11.6 Å². The Bertz CT molecular complexity index is 484. The highest BCUT2D eigenvalue weighted by Crippen LogP contribution is 2.19. The molecule has 1 N–H and O–H groups in total. The molecular weight excluding hydrogens is 204 g/mol. The van der Waals surface area contributed by atoms with Gasteiger partial charge in [-0.3, -0.25) is 0 Å². The van der Waals surface area contributed by atoms with Crippen LogP contribution in [0.25, 0.3) is 11.5 Å². The number of nitrogens with zero attached hydrogens (tertiary/aromatic N) is 5. The molecule has 0 unspecified atom stereocenters. The molecule has 2 aromatic heterocycles. The van der Waals surface area contributed by atoms with Crippen LogP contribution in [0.3, 0.4) is 0 Å². The van der Waals surface area contributed by atoms with E-state index in [4.69, 9.17) is 0 Å². The molecule has 6 nitrogen and oxygen atoms in total. The molecular formula is C10H12N6. The summed E-state index contributed by atoms with van der Waals surface area (Å²) < 4.78 is 1.89. The summed E-state index contributed by atoms with van der Waals surface area (Å²) in [5, 5.41) is 11.2. The van der Waals surface area contributed by atoms with Gasteiger partial charge in [0.1, 0.15) is 5.69 Å². The lowest BCUT2D eigenvalue weighted by molar-refractivity contribution is 0.315. The molecule has 2 aromatic rings. The number of hydrogen-bond donors (Lipinski definition) is 1. The van der Waals surface area contributed by atoms with Crippen molar-refractivity contribution in [1.82, 2.24) is 30.3 Å². The molecule has 6 heteroatoms. The molecule has 1 fully saturated rings. The van der Waals surface area contributed by atoms with E-state index in [-0.39, 0.29) is 0 Å². The van der Waals surface area contributed by atoms with Crippen molar-refractivity contribution in [2.75, 3.05) is 13.1 Å². The summed E-state index contributed by atoms with van der Waals surface area (Å²) in [6.45, 7) is 3.83. The lowest BCUT2D eigenvalue weighted by atomic mass is 10.2. The van der Waals surface area contributed by atoms with Crippen LogP contribution >= 0.6 is 0 Å². The predicted molar refractivity (Wildman–Crippen MR) is 57.7 cm³/mol. The van der Waals surface area contributed by atoms with Crippen LogP contribution in [-0.2, 0) is 0 Å². The Morgan fingerprint density at radius 1 is 1.25 bits per heavy atom. The Labute approximate surface area is 92.7 Å². The second-order valence-corrected chi connectivity index (χ2v) is 3.96. The Balaban J connectivity index is 1.99. The number of aromatic nitrogens is 5. The van der Waals surface area contributed by atoms with Crippen molar-refractivity contribution in [3.63, 3.8) is 0 Å². The standard InChI is InChI=1S/C10H12N6/c1-7-2-12-10(13-3-7)9-6-14-15-16(9)8-4-11-5-8/h2-3,6,8,11H,4-5H2,1H3. The van der Waals surface area contributed by atoms with Crippen molar-refractivity contribution in [3.05, 3.63) is 24.2 Å². The highest BCUT2D eigenvalue weighted by atomic mass is 15.5. The lowest BCUT2D eigenvalue weighted by Crippen LogP contribution is -2.44. The average molecular weight is 216 g/mol. The van der Waals surface area contributed by atoms with Crippen LogP contribution in [-0.4, -0.2) is 38.1 Å². The van der Waals surface area contributed by atoms with Crippen molar-refractivity contribution >= 4 is 0 Å². The first-order chi connectivity index (χ1) is 7.84. The molecule has 0 bridgehead atoms. The van der Waals surface area contributed by atoms with Gasteiger partial charge >= 0.3 is 0 Å². The molecule has 3 heterocycles. The monoisotopic (exact) mass is 216 g/mol. The average Bonchev–Trinajstić information content (AvgIpc) is 2.65. The second kappa shape index (κ2) is 3.64. The smallest absolute Gasteiger partial charge is 0.179 e. The van der Waals surface area contributed by atoms with E-state index in [0.29, 0.717) is 11.9 Å². The Kier molecular flexibility index (Phi) is 2.14. The van der Waals surface area contributed by atoms with Gasteiger partial charge in [0, 0.05) is 25.5 Å². The molecule has 3 rings (SSSR count). The van der Waals surface area contributed by atoms with E-state index in [0.717, 1.165) is 24.3 Å². The summed E-state index contributed by atoms with van der Waals surface area (Å²) in [5.74, 6) is 0.683. The van der Waals surface area contributed by atoms with Gasteiger partial charge in [0.2, 0.25) is 0 Å². The van der Waals surface area contributed by atoms with Gasteiger partial charge in [0.05, 0.1) is 12.2 Å². The lowest BCUT2D eigenvalue weighted by Gasteiger charge is -2.27. The third-order valence-corrected chi connectivity index (χ3v) is 2.69. The highest BCUT2D eigenvalue weighted by molar-refractivity contribution is 5.47. The number of nitrogens with one attached hydrogen (secondary N) is 1. The molecule has 0 atom stereocenters. The van der Waals surface area contributed by atoms with E-state index in [9.17, 15) is 0 Å². The maximum absolute atomic E-state index is 4.29. The molecule has 1 saturated heterocycles. The summed E-state index contributed by atoms with van der Waals surface area (Å²) in [5.41, 5.74) is 1.93. The fourth-order valence-corrected chi connectivity index (χ4v) is 1.64. The van der Waals surface area contributed by atoms with Crippen molar-refractivity contribution < 1.29 is 0 Å². The van der Waals surface area contributed by atoms with Gasteiger partial charge in [-0.05, 0) is 12.5 Å². The number of hydrogen-bond acceptors (Lipinski definition) is 5. The minimum absolute atomic E-state index is 0.377. The normalized spacial score (nSPS) is 16.1. The predicted octanol–water partition coefficient (Wildman–Crippen LogP) is 0.188. The molecule has 0 aliphatic carbocycles. The summed E-state index contributed by atoms with van der Waals surface area (Å²) >= 11 is 0. The SMILES string of the molecule is Cc1cnc(-c2cnnn2C2CNC2)nc1. The topological polar surface area (TPSA) is 68.5 Å². The Hall–Kier alpha value is -1.82. The second-order valence-electron chi connectivity index (χ2n) is 3.96. The van der Waals surface area contributed by atoms with E-state index in [1.54, 1.807) is 18.6 Å². The van der Waals surface area contributed by atoms with Crippen LogP contribution in [0.5, 0.6) is 0 Å². The third kappa shape index (κ3) is 1.47. The summed E-state index contributed by atoms with van der Waals surface area (Å²) in [4.78, 5) is 8.58. The van der Waals surface area contributed by atoms with Crippen LogP contribution in [0.15, 0.2) is 18.6 Å². The zero-order valence-corrected chi connectivity index (χ0v) is 8.96. The van der Waals surface area contributed by atoms with E-state index in [1.165, 1.54) is 0 Å². The summed E-state index contributed by atoms with van der Waals surface area (Å²) in [7, 11) is 0. The zero-order valence-electron chi connectivity index (χ0n) is 8.96. The van der Waals surface area contributed by atoms with Crippen LogP contribution in [0.1, 0.15) is 11.6 Å². The number of rotatable bonds is 2. The molecule has 0 saturated carbocycles. The van der Waals surface area contributed by atoms with Crippen LogP contribution in [0.2, 0.25) is 0 Å². The van der Waals surface area contributed by atoms with Gasteiger partial charge in [-0.2, -0.15) is 0 Å². The fraction of sp³-hybridized carbons (Fsp3) is 0.400. The minimum Gasteiger partial charge on any atom is -0.312 e. The molecule has 1 aliphatic heterocycles. The molecule has 0 radical (unpaired) electrons. The highest BCUT2D eigenvalue weighted by Gasteiger charge is 2.23. The third-order valence-electron chi connectivity index (χ3n) is 2.69. The van der Waals surface area contributed by atoms with Crippen molar-refractivity contribution in [2.24, 2.45) is 0 Å². The van der Waals surface area contributed by atoms with Gasteiger partial charge in [-0.1, -0.05) is 5.21 Å². The summed E-state index contributed by atoms with van der Waals surface area (Å²) in [6, 6.07) is 0.377. The molecule has 1 aliphatic rings. The minimum atomic E-state index is 0.377. The van der Waals surface area contributed by atoms with Crippen molar-refractivity contribution in [3.8, 4) is 11.5 Å². The van der Waals surface area contributed by atoms with E-state index in [2.05, 4.69) is 25.6 Å². The molecule has 0 amide bonds. The van der Waals surface area contributed by atoms with Crippen molar-refractivity contribution in [1.29, 1.82) is 0 Å². The van der Waals surface area contributed by atoms with E-state index >= 15 is 0 Å². The largest absolute Gasteiger partial charge is 0.312 e. The Morgan fingerprint density at radius 2 is 2.00 bits per heavy atom. The molecule has 82 valence electrons. The fourth-order valence-electron chi connectivity index (χ4n) is 1.64. The first-order valence-electron chi connectivity index (χ1n) is 5.24. The number of aryl methyl sites for hydroxylation is 1. The summed E-state index contributed by atoms with van der Waals surface area (Å²) in [6.07, 6.45) is 5.32. The van der Waals surface area contributed by atoms with Gasteiger partial charge in [-0.25, -0.2) is 14.6 Å². The van der Waals surface area contributed by atoms with Crippen LogP contribution < -0.4 is 5.32 Å². The first-order valence-corrected chi connectivity index (χ1v) is 5.24. The van der Waals surface area contributed by atoms with Crippen LogP contribution in [0.4, 0.5) is 0 Å². The van der Waals surface area contributed by atoms with Gasteiger partial charge in [0.25, 0.3) is 0 Å². The maximum atomic E-state index is 4.29. The first kappa shape index (κ1) is 9.41. The quantitative estimate of drug-likeness (QED) is 0.776. The van der Waals surface area contributed by atoms with Gasteiger partial charge in [0.15, 0.2) is 5.82 Å². The molecule has 0 aromatic carbocycles. The van der Waals surface area contributed by atoms with E-state index < -0.39 is 0 Å². The van der Waals surface area contributed by atoms with Gasteiger partial charge < -0.3 is 5.32 Å². The van der Waals surface area contributed by atoms with Gasteiger partial charge in [-0.15, -0.1) is 5.10 Å². The Morgan fingerprint density at radius 3 is 2.62 bits per heavy atom. The van der Waals surface area contributed by atoms with Crippen LogP contribution in [0, 0.1) is 6.92 Å².